The number of esters is 1. The van der Waals surface area contributed by atoms with Gasteiger partial charge in [0.2, 0.25) is 0 Å². The minimum absolute atomic E-state index is 0.00126. The first kappa shape index (κ1) is 22.4. The number of carbonyl (C=O) groups excluding carboxylic acids is 1. The molecule has 0 aromatic heterocycles. The van der Waals surface area contributed by atoms with Crippen LogP contribution in [0.1, 0.15) is 85.5 Å². The van der Waals surface area contributed by atoms with Gasteiger partial charge in [0.15, 0.2) is 0 Å². The second-order valence-corrected chi connectivity index (χ2v) is 8.24. The summed E-state index contributed by atoms with van der Waals surface area (Å²) in [7, 11) is 0. The third kappa shape index (κ3) is 13.5. The summed E-state index contributed by atoms with van der Waals surface area (Å²) in [6, 6.07) is 0. The Kier molecular flexibility index (Phi) is 11.5. The molecule has 0 atom stereocenters. The van der Waals surface area contributed by atoms with Crippen LogP contribution in [0.25, 0.3) is 0 Å². The van der Waals surface area contributed by atoms with E-state index in [1.807, 2.05) is 0 Å². The number of aliphatic hydroxyl groups excluding tert-OH is 2. The zero-order valence-electron chi connectivity index (χ0n) is 15.7. The fraction of sp³-hybridized carbons (Fsp3) is 0.947. The Morgan fingerprint density at radius 3 is 1.74 bits per heavy atom. The van der Waals surface area contributed by atoms with Crippen LogP contribution in [0.4, 0.5) is 0 Å². The van der Waals surface area contributed by atoms with Gasteiger partial charge in [0, 0.05) is 19.6 Å². The molecule has 0 heterocycles. The van der Waals surface area contributed by atoms with E-state index in [-0.39, 0.29) is 30.0 Å². The largest absolute Gasteiger partial charge is 0.466 e. The van der Waals surface area contributed by atoms with Gasteiger partial charge >= 0.3 is 5.97 Å². The molecule has 0 amide bonds. The van der Waals surface area contributed by atoms with Crippen molar-refractivity contribution in [2.24, 2.45) is 10.8 Å². The van der Waals surface area contributed by atoms with E-state index >= 15 is 0 Å². The normalized spacial score (nSPS) is 12.4. The predicted octanol–water partition coefficient (Wildman–Crippen LogP) is 4.08. The summed E-state index contributed by atoms with van der Waals surface area (Å²) in [5.41, 5.74) is -0.00757. The van der Waals surface area contributed by atoms with E-state index in [2.05, 4.69) is 27.7 Å². The minimum atomic E-state index is -0.0953. The highest BCUT2D eigenvalue weighted by atomic mass is 16.5. The highest BCUT2D eigenvalue weighted by molar-refractivity contribution is 5.69. The van der Waals surface area contributed by atoms with Crippen molar-refractivity contribution in [3.8, 4) is 0 Å². The van der Waals surface area contributed by atoms with E-state index in [1.165, 1.54) is 0 Å². The summed E-state index contributed by atoms with van der Waals surface area (Å²) in [5.74, 6) is -0.0953. The number of hydrogen-bond donors (Lipinski definition) is 2. The molecule has 0 aromatic carbocycles. The van der Waals surface area contributed by atoms with Crippen molar-refractivity contribution >= 4 is 5.97 Å². The van der Waals surface area contributed by atoms with E-state index in [4.69, 9.17) is 14.9 Å². The Morgan fingerprint density at radius 1 is 0.783 bits per heavy atom. The molecule has 0 aliphatic carbocycles. The molecule has 0 aliphatic rings. The maximum absolute atomic E-state index is 11.6. The number of unbranched alkanes of at least 4 members (excludes halogenated alkanes) is 4. The molecule has 0 aliphatic heterocycles. The topological polar surface area (TPSA) is 66.8 Å². The number of rotatable bonds is 14. The number of aliphatic hydroxyl groups is 2. The maximum Gasteiger partial charge on any atom is 0.305 e. The van der Waals surface area contributed by atoms with E-state index in [0.29, 0.717) is 13.0 Å². The molecule has 4 nitrogen and oxygen atoms in total. The van der Waals surface area contributed by atoms with Gasteiger partial charge in [-0.2, -0.15) is 0 Å². The van der Waals surface area contributed by atoms with Crippen molar-refractivity contribution in [2.45, 2.75) is 85.5 Å². The van der Waals surface area contributed by atoms with Gasteiger partial charge in [0.1, 0.15) is 0 Å². The standard InChI is InChI=1S/C19H38O4/c1-18(2,15-20)12-8-5-7-11-17(22)23-14-10-6-9-13-19(3,4)16-21/h20-21H,5-16H2,1-4H3. The zero-order valence-corrected chi connectivity index (χ0v) is 15.7. The van der Waals surface area contributed by atoms with Crippen LogP contribution in [0.15, 0.2) is 0 Å². The lowest BCUT2D eigenvalue weighted by Crippen LogP contribution is -2.16. The third-order valence-corrected chi connectivity index (χ3v) is 4.35. The van der Waals surface area contributed by atoms with E-state index < -0.39 is 0 Å². The molecule has 0 unspecified atom stereocenters. The predicted molar refractivity (Wildman–Crippen MR) is 94.2 cm³/mol. The van der Waals surface area contributed by atoms with Crippen LogP contribution in [0.3, 0.4) is 0 Å². The van der Waals surface area contributed by atoms with E-state index in [0.717, 1.165) is 51.4 Å². The average Bonchev–Trinajstić information content (AvgIpc) is 2.50. The fourth-order valence-corrected chi connectivity index (χ4v) is 2.35. The van der Waals surface area contributed by atoms with Crippen LogP contribution in [-0.2, 0) is 9.53 Å². The molecule has 23 heavy (non-hydrogen) atoms. The van der Waals surface area contributed by atoms with Crippen LogP contribution in [0.2, 0.25) is 0 Å². The van der Waals surface area contributed by atoms with Crippen molar-refractivity contribution in [1.82, 2.24) is 0 Å². The molecule has 0 spiro atoms. The highest BCUT2D eigenvalue weighted by Crippen LogP contribution is 2.23. The fourth-order valence-electron chi connectivity index (χ4n) is 2.35. The van der Waals surface area contributed by atoms with Gasteiger partial charge in [0.25, 0.3) is 0 Å². The smallest absolute Gasteiger partial charge is 0.305 e. The third-order valence-electron chi connectivity index (χ3n) is 4.35. The summed E-state index contributed by atoms with van der Waals surface area (Å²) in [6.45, 7) is 9.19. The first-order chi connectivity index (χ1) is 10.7. The van der Waals surface area contributed by atoms with Crippen LogP contribution in [0.5, 0.6) is 0 Å². The van der Waals surface area contributed by atoms with Gasteiger partial charge in [-0.3, -0.25) is 4.79 Å². The molecule has 0 rings (SSSR count). The molecule has 2 N–H and O–H groups in total. The molecule has 0 radical (unpaired) electrons. The lowest BCUT2D eigenvalue weighted by Gasteiger charge is -2.21. The first-order valence-corrected chi connectivity index (χ1v) is 9.10. The van der Waals surface area contributed by atoms with Crippen molar-refractivity contribution in [3.05, 3.63) is 0 Å². The van der Waals surface area contributed by atoms with Gasteiger partial charge in [-0.05, 0) is 36.5 Å². The Labute approximate surface area is 142 Å². The molecule has 138 valence electrons. The second kappa shape index (κ2) is 11.9. The summed E-state index contributed by atoms with van der Waals surface area (Å²) in [6.07, 6.45) is 8.40. The van der Waals surface area contributed by atoms with Gasteiger partial charge in [-0.1, -0.05) is 53.4 Å². The van der Waals surface area contributed by atoms with Crippen molar-refractivity contribution in [3.63, 3.8) is 0 Å². The van der Waals surface area contributed by atoms with Crippen molar-refractivity contribution < 1.29 is 19.7 Å². The van der Waals surface area contributed by atoms with Gasteiger partial charge in [-0.15, -0.1) is 0 Å². The number of hydrogen-bond acceptors (Lipinski definition) is 4. The second-order valence-electron chi connectivity index (χ2n) is 8.24. The summed E-state index contributed by atoms with van der Waals surface area (Å²) in [5, 5.41) is 18.3. The quantitative estimate of drug-likeness (QED) is 0.372. The van der Waals surface area contributed by atoms with Crippen LogP contribution in [0, 0.1) is 10.8 Å². The molecule has 0 fully saturated rings. The van der Waals surface area contributed by atoms with Crippen molar-refractivity contribution in [2.75, 3.05) is 19.8 Å². The molecule has 0 bridgehead atoms. The average molecular weight is 331 g/mol. The van der Waals surface area contributed by atoms with E-state index in [9.17, 15) is 4.79 Å². The lowest BCUT2D eigenvalue weighted by atomic mass is 9.88. The van der Waals surface area contributed by atoms with Crippen LogP contribution < -0.4 is 0 Å². The molecule has 0 saturated carbocycles. The highest BCUT2D eigenvalue weighted by Gasteiger charge is 2.16. The van der Waals surface area contributed by atoms with E-state index in [1.54, 1.807) is 0 Å². The van der Waals surface area contributed by atoms with Gasteiger partial charge < -0.3 is 14.9 Å². The number of ether oxygens (including phenoxy) is 1. The molecule has 4 heteroatoms. The minimum Gasteiger partial charge on any atom is -0.466 e. The lowest BCUT2D eigenvalue weighted by molar-refractivity contribution is -0.143. The SMILES string of the molecule is CC(C)(CO)CCCCCOC(=O)CCCCCC(C)(C)CO. The first-order valence-electron chi connectivity index (χ1n) is 9.10. The summed E-state index contributed by atoms with van der Waals surface area (Å²) < 4.78 is 5.24. The van der Waals surface area contributed by atoms with Gasteiger partial charge in [-0.25, -0.2) is 0 Å². The summed E-state index contributed by atoms with van der Waals surface area (Å²) >= 11 is 0. The van der Waals surface area contributed by atoms with Crippen LogP contribution >= 0.6 is 0 Å². The zero-order chi connectivity index (χ0) is 17.8. The van der Waals surface area contributed by atoms with Crippen molar-refractivity contribution in [1.29, 1.82) is 0 Å². The number of carbonyl (C=O) groups is 1. The molecular formula is C19H38O4. The molecule has 0 aromatic rings. The maximum atomic E-state index is 11.6. The monoisotopic (exact) mass is 330 g/mol. The molecule has 0 saturated heterocycles. The Bertz CT molecular complexity index is 310. The Balaban J connectivity index is 3.45. The Morgan fingerprint density at radius 2 is 1.26 bits per heavy atom. The molecular weight excluding hydrogens is 292 g/mol. The Hall–Kier alpha value is -0.610. The van der Waals surface area contributed by atoms with Crippen LogP contribution in [-0.4, -0.2) is 36.0 Å². The van der Waals surface area contributed by atoms with Gasteiger partial charge in [0.05, 0.1) is 6.61 Å². The summed E-state index contributed by atoms with van der Waals surface area (Å²) in [4.78, 5) is 11.6.